The number of aryl methyl sites for hydroxylation is 1. The van der Waals surface area contributed by atoms with Gasteiger partial charge in [0.05, 0.1) is 12.6 Å². The topological polar surface area (TPSA) is 42.0 Å². The molecule has 1 aliphatic rings. The van der Waals surface area contributed by atoms with Crippen molar-refractivity contribution in [2.75, 3.05) is 26.8 Å². The summed E-state index contributed by atoms with van der Waals surface area (Å²) in [4.78, 5) is 16.3. The molecule has 0 saturated heterocycles. The van der Waals surface area contributed by atoms with E-state index in [-0.39, 0.29) is 18.1 Å². The van der Waals surface area contributed by atoms with Crippen LogP contribution in [0.3, 0.4) is 0 Å². The van der Waals surface area contributed by atoms with Gasteiger partial charge in [-0.25, -0.2) is 13.6 Å². The van der Waals surface area contributed by atoms with Crippen LogP contribution in [0.25, 0.3) is 5.57 Å². The highest BCUT2D eigenvalue weighted by Crippen LogP contribution is 2.55. The number of hydrogen-bond donors (Lipinski definition) is 0. The zero-order valence-electron chi connectivity index (χ0n) is 24.1. The summed E-state index contributed by atoms with van der Waals surface area (Å²) in [6, 6.07) is 30.2. The van der Waals surface area contributed by atoms with Crippen molar-refractivity contribution >= 4 is 27.1 Å². The lowest BCUT2D eigenvalue weighted by atomic mass is 10.0. The summed E-state index contributed by atoms with van der Waals surface area (Å²) in [6.07, 6.45) is 3.20. The molecule has 2 amide bonds. The molecule has 4 aromatic carbocycles. The number of halogens is 2. The Labute approximate surface area is 253 Å². The fraction of sp³-hybridized carbons (Fsp3) is 0.206. The number of rotatable bonds is 10. The molecule has 0 N–H and O–H groups in total. The monoisotopic (exact) mass is 618 g/mol. The van der Waals surface area contributed by atoms with Gasteiger partial charge in [-0.3, -0.25) is 0 Å². The van der Waals surface area contributed by atoms with Gasteiger partial charge in [-0.2, -0.15) is 0 Å². The quantitative estimate of drug-likeness (QED) is 0.167. The highest BCUT2D eigenvalue weighted by molar-refractivity contribution is 7.92. The van der Waals surface area contributed by atoms with Crippen LogP contribution in [-0.2, 0) is 17.6 Å². The third kappa shape index (κ3) is 7.80. The number of hydrogen-bond acceptors (Lipinski definition) is 3. The van der Waals surface area contributed by atoms with E-state index in [0.29, 0.717) is 24.1 Å². The predicted octanol–water partition coefficient (Wildman–Crippen LogP) is 8.83. The summed E-state index contributed by atoms with van der Waals surface area (Å²) in [5.74, 6) is -0.492. The highest BCUT2D eigenvalue weighted by atomic mass is 31.8. The van der Waals surface area contributed by atoms with E-state index >= 15 is 0 Å². The molecule has 2 atom stereocenters. The molecular formula is C34H34F2N2O3P2. The second-order valence-electron chi connectivity index (χ2n) is 10.6. The van der Waals surface area contributed by atoms with Gasteiger partial charge in [-0.15, -0.1) is 0 Å². The summed E-state index contributed by atoms with van der Waals surface area (Å²) < 4.78 is 41.8. The summed E-state index contributed by atoms with van der Waals surface area (Å²) in [5, 5.41) is 0. The molecule has 1 heterocycles. The number of carbonyl (C=O) groups excluding carboxylic acids is 1. The number of benzene rings is 4. The number of urea groups is 1. The Morgan fingerprint density at radius 3 is 2.33 bits per heavy atom. The van der Waals surface area contributed by atoms with Crippen molar-refractivity contribution in [3.63, 3.8) is 0 Å². The fourth-order valence-corrected chi connectivity index (χ4v) is 7.47. The van der Waals surface area contributed by atoms with E-state index in [2.05, 4.69) is 20.7 Å². The van der Waals surface area contributed by atoms with Crippen LogP contribution in [0.1, 0.15) is 28.3 Å². The molecule has 4 aromatic rings. The van der Waals surface area contributed by atoms with Crippen LogP contribution in [0.15, 0.2) is 109 Å². The van der Waals surface area contributed by atoms with Crippen LogP contribution in [0.5, 0.6) is 5.75 Å². The lowest BCUT2D eigenvalue weighted by molar-refractivity contribution is 0.170. The molecular weight excluding hydrogens is 584 g/mol. The smallest absolute Gasteiger partial charge is 0.320 e. The number of carbonyl (C=O) groups is 1. The molecule has 0 aliphatic carbocycles. The summed E-state index contributed by atoms with van der Waals surface area (Å²) in [7, 11) is 4.68. The Morgan fingerprint density at radius 2 is 1.63 bits per heavy atom. The first kappa shape index (κ1) is 30.7. The zero-order valence-corrected chi connectivity index (χ0v) is 26.0. The highest BCUT2D eigenvalue weighted by Gasteiger charge is 2.33. The van der Waals surface area contributed by atoms with Crippen molar-refractivity contribution in [2.45, 2.75) is 19.1 Å². The molecule has 0 saturated carbocycles. The third-order valence-corrected chi connectivity index (χ3v) is 10.4. The summed E-state index contributed by atoms with van der Waals surface area (Å²) in [6.45, 7) is 0.519. The minimum absolute atomic E-state index is 0.138. The minimum atomic E-state index is -2.59. The minimum Gasteiger partial charge on any atom is -0.449 e. The number of nitrogens with zero attached hydrogens (tertiary/aromatic N) is 2. The third-order valence-electron chi connectivity index (χ3n) is 7.21. The maximum atomic E-state index is 14.7. The van der Waals surface area contributed by atoms with E-state index in [1.54, 1.807) is 19.0 Å². The standard InChI is InChI=1S/C34H34F2N2O3P2/c1-37(2)34(39)38-23-28(31-22-29(35)16-17-32(31)36)21-33(38)27-14-9-15-30(20-27)41-43(42,19-18-25-10-5-3-6-11-25)40-24-26-12-7-4-8-13-26/h3-17,20-22,33,42H,18-19,23-24H2,1-2H3/t33-,43?/m0/s1. The van der Waals surface area contributed by atoms with Crippen molar-refractivity contribution in [2.24, 2.45) is 0 Å². The molecule has 1 aliphatic heterocycles. The first-order valence-electron chi connectivity index (χ1n) is 14.0. The fourth-order valence-electron chi connectivity index (χ4n) is 4.99. The van der Waals surface area contributed by atoms with Gasteiger partial charge >= 0.3 is 6.03 Å². The molecule has 9 heteroatoms. The lowest BCUT2D eigenvalue weighted by Crippen LogP contribution is -2.39. The Bertz CT molecular complexity index is 1600. The van der Waals surface area contributed by atoms with E-state index in [0.717, 1.165) is 29.7 Å². The van der Waals surface area contributed by atoms with Crippen molar-refractivity contribution in [1.82, 2.24) is 9.80 Å². The average Bonchev–Trinajstić information content (AvgIpc) is 3.46. The van der Waals surface area contributed by atoms with Crippen LogP contribution in [0.4, 0.5) is 13.6 Å². The average molecular weight is 619 g/mol. The Morgan fingerprint density at radius 1 is 0.930 bits per heavy atom. The van der Waals surface area contributed by atoms with Crippen LogP contribution in [-0.4, -0.2) is 42.6 Å². The summed E-state index contributed by atoms with van der Waals surface area (Å²) in [5.41, 5.74) is 3.68. The maximum Gasteiger partial charge on any atom is 0.320 e. The van der Waals surface area contributed by atoms with Gasteiger partial charge in [0.2, 0.25) is 0 Å². The zero-order chi connectivity index (χ0) is 30.4. The van der Waals surface area contributed by atoms with Gasteiger partial charge < -0.3 is 18.8 Å². The predicted molar refractivity (Wildman–Crippen MR) is 171 cm³/mol. The van der Waals surface area contributed by atoms with Crippen molar-refractivity contribution in [1.29, 1.82) is 0 Å². The van der Waals surface area contributed by atoms with E-state index in [1.165, 1.54) is 16.5 Å². The molecule has 5 rings (SSSR count). The van der Waals surface area contributed by atoms with Crippen molar-refractivity contribution < 1.29 is 22.6 Å². The van der Waals surface area contributed by atoms with Gasteiger partial charge in [-0.1, -0.05) is 87.4 Å². The molecule has 0 aromatic heterocycles. The summed E-state index contributed by atoms with van der Waals surface area (Å²) >= 11 is 0. The Kier molecular flexibility index (Phi) is 9.77. The first-order valence-corrected chi connectivity index (χ1v) is 17.1. The Hall–Kier alpha value is -3.76. The van der Waals surface area contributed by atoms with Gasteiger partial charge in [-0.05, 0) is 59.0 Å². The van der Waals surface area contributed by atoms with E-state index < -0.39 is 24.7 Å². The number of amides is 2. The van der Waals surface area contributed by atoms with Crippen LogP contribution < -0.4 is 4.52 Å². The van der Waals surface area contributed by atoms with Gasteiger partial charge in [0.15, 0.2) is 7.00 Å². The van der Waals surface area contributed by atoms with Gasteiger partial charge in [0, 0.05) is 32.4 Å². The molecule has 0 bridgehead atoms. The lowest BCUT2D eigenvalue weighted by Gasteiger charge is -2.29. The largest absolute Gasteiger partial charge is 0.449 e. The van der Waals surface area contributed by atoms with Gasteiger partial charge in [0.25, 0.3) is 0 Å². The molecule has 0 radical (unpaired) electrons. The molecule has 5 nitrogen and oxygen atoms in total. The maximum absolute atomic E-state index is 14.7. The van der Waals surface area contributed by atoms with E-state index in [9.17, 15) is 13.6 Å². The molecule has 1 unspecified atom stereocenters. The molecule has 222 valence electrons. The van der Waals surface area contributed by atoms with Crippen molar-refractivity contribution in [3.8, 4) is 5.75 Å². The van der Waals surface area contributed by atoms with Crippen LogP contribution in [0, 0.1) is 11.6 Å². The molecule has 0 fully saturated rings. The Balaban J connectivity index is 1.43. The van der Waals surface area contributed by atoms with Gasteiger partial charge in [0.1, 0.15) is 17.4 Å². The second-order valence-corrected chi connectivity index (χ2v) is 14.9. The second kappa shape index (κ2) is 13.7. The normalized spacial score (nSPS) is 16.0. The molecule has 0 spiro atoms. The first-order chi connectivity index (χ1) is 20.7. The van der Waals surface area contributed by atoms with Crippen molar-refractivity contribution in [3.05, 3.63) is 143 Å². The SMILES string of the molecule is CN(C)C(=O)N1CC(c2cc(F)ccc2F)=C[C@H]1c1cccc(OP(=P)(CCc2ccccc2)OCc2ccccc2)c1. The van der Waals surface area contributed by atoms with Crippen LogP contribution in [0.2, 0.25) is 0 Å². The van der Waals surface area contributed by atoms with Crippen LogP contribution >= 0.6 is 15.5 Å². The van der Waals surface area contributed by atoms with E-state index in [1.807, 2.05) is 78.9 Å². The van der Waals surface area contributed by atoms with E-state index in [4.69, 9.17) is 9.05 Å². The molecule has 43 heavy (non-hydrogen) atoms.